The molecule has 0 heterocycles. The van der Waals surface area contributed by atoms with Crippen LogP contribution in [0.3, 0.4) is 0 Å². The van der Waals surface area contributed by atoms with E-state index in [1.807, 2.05) is 61.5 Å². The van der Waals surface area contributed by atoms with Crippen molar-refractivity contribution in [3.63, 3.8) is 0 Å². The van der Waals surface area contributed by atoms with Crippen LogP contribution in [0.25, 0.3) is 0 Å². The van der Waals surface area contributed by atoms with Crippen LogP contribution in [0.1, 0.15) is 30.6 Å². The SMILES string of the molecule is CCO[C@@H](CCO)c1ccc(OCc2ccccc2)cc1. The van der Waals surface area contributed by atoms with Crippen LogP contribution in [0.5, 0.6) is 5.75 Å². The van der Waals surface area contributed by atoms with Crippen LogP contribution in [0, 0.1) is 0 Å². The lowest BCUT2D eigenvalue weighted by molar-refractivity contribution is 0.0432. The van der Waals surface area contributed by atoms with Gasteiger partial charge in [-0.3, -0.25) is 0 Å². The average molecular weight is 286 g/mol. The Hall–Kier alpha value is -1.84. The van der Waals surface area contributed by atoms with E-state index in [4.69, 9.17) is 14.6 Å². The summed E-state index contributed by atoms with van der Waals surface area (Å²) in [6.45, 7) is 3.28. The lowest BCUT2D eigenvalue weighted by Gasteiger charge is -2.16. The van der Waals surface area contributed by atoms with Gasteiger partial charge in [0.1, 0.15) is 12.4 Å². The molecule has 0 amide bonds. The van der Waals surface area contributed by atoms with E-state index in [1.165, 1.54) is 0 Å². The number of hydrogen-bond donors (Lipinski definition) is 1. The second-order valence-corrected chi connectivity index (χ2v) is 4.80. The summed E-state index contributed by atoms with van der Waals surface area (Å²) in [6.07, 6.45) is 0.557. The molecule has 3 heteroatoms. The maximum Gasteiger partial charge on any atom is 0.119 e. The number of aliphatic hydroxyl groups is 1. The summed E-state index contributed by atoms with van der Waals surface area (Å²) in [7, 11) is 0. The van der Waals surface area contributed by atoms with Gasteiger partial charge in [0.15, 0.2) is 0 Å². The third kappa shape index (κ3) is 4.88. The Kier molecular flexibility index (Phi) is 6.25. The van der Waals surface area contributed by atoms with Crippen LogP contribution in [-0.4, -0.2) is 18.3 Å². The second kappa shape index (κ2) is 8.45. The van der Waals surface area contributed by atoms with Gasteiger partial charge in [0, 0.05) is 19.6 Å². The van der Waals surface area contributed by atoms with E-state index in [9.17, 15) is 0 Å². The average Bonchev–Trinajstić information content (AvgIpc) is 2.54. The van der Waals surface area contributed by atoms with Crippen LogP contribution in [0.4, 0.5) is 0 Å². The molecule has 1 atom stereocenters. The zero-order valence-electron chi connectivity index (χ0n) is 12.4. The number of hydrogen-bond acceptors (Lipinski definition) is 3. The predicted octanol–water partition coefficient (Wildman–Crippen LogP) is 3.73. The highest BCUT2D eigenvalue weighted by molar-refractivity contribution is 5.29. The molecule has 112 valence electrons. The molecule has 21 heavy (non-hydrogen) atoms. The van der Waals surface area contributed by atoms with E-state index in [1.54, 1.807) is 0 Å². The Morgan fingerprint density at radius 2 is 1.71 bits per heavy atom. The largest absolute Gasteiger partial charge is 0.489 e. The molecule has 0 aliphatic carbocycles. The topological polar surface area (TPSA) is 38.7 Å². The first kappa shape index (κ1) is 15.5. The minimum absolute atomic E-state index is 0.0526. The van der Waals surface area contributed by atoms with E-state index < -0.39 is 0 Å². The van der Waals surface area contributed by atoms with Crippen molar-refractivity contribution in [2.45, 2.75) is 26.1 Å². The van der Waals surface area contributed by atoms with Gasteiger partial charge in [-0.05, 0) is 30.2 Å². The fraction of sp³-hybridized carbons (Fsp3) is 0.333. The summed E-state index contributed by atoms with van der Waals surface area (Å²) >= 11 is 0. The third-order valence-electron chi connectivity index (χ3n) is 3.26. The third-order valence-corrected chi connectivity index (χ3v) is 3.26. The van der Waals surface area contributed by atoms with Crippen molar-refractivity contribution >= 4 is 0 Å². The molecular weight excluding hydrogens is 264 g/mol. The molecule has 0 fully saturated rings. The van der Waals surface area contributed by atoms with E-state index in [-0.39, 0.29) is 12.7 Å². The molecule has 0 aliphatic heterocycles. The van der Waals surface area contributed by atoms with Crippen molar-refractivity contribution in [3.05, 3.63) is 65.7 Å². The smallest absolute Gasteiger partial charge is 0.119 e. The number of rotatable bonds is 8. The molecule has 0 saturated carbocycles. The Labute approximate surface area is 126 Å². The highest BCUT2D eigenvalue weighted by Crippen LogP contribution is 2.23. The van der Waals surface area contributed by atoms with Crippen molar-refractivity contribution in [2.24, 2.45) is 0 Å². The zero-order chi connectivity index (χ0) is 14.9. The fourth-order valence-corrected chi connectivity index (χ4v) is 2.18. The van der Waals surface area contributed by atoms with Crippen molar-refractivity contribution in [1.82, 2.24) is 0 Å². The number of aliphatic hydroxyl groups excluding tert-OH is 1. The second-order valence-electron chi connectivity index (χ2n) is 4.80. The van der Waals surface area contributed by atoms with Crippen LogP contribution < -0.4 is 4.74 Å². The van der Waals surface area contributed by atoms with Crippen LogP contribution in [-0.2, 0) is 11.3 Å². The lowest BCUT2D eigenvalue weighted by Crippen LogP contribution is -2.06. The molecule has 1 N–H and O–H groups in total. The number of benzene rings is 2. The van der Waals surface area contributed by atoms with Crippen LogP contribution >= 0.6 is 0 Å². The first-order chi connectivity index (χ1) is 10.3. The van der Waals surface area contributed by atoms with Gasteiger partial charge in [0.05, 0.1) is 6.10 Å². The van der Waals surface area contributed by atoms with E-state index in [2.05, 4.69) is 0 Å². The minimum atomic E-state index is -0.0526. The maximum atomic E-state index is 9.08. The van der Waals surface area contributed by atoms with Crippen molar-refractivity contribution in [3.8, 4) is 5.75 Å². The van der Waals surface area contributed by atoms with Gasteiger partial charge in [-0.15, -0.1) is 0 Å². The van der Waals surface area contributed by atoms with E-state index >= 15 is 0 Å². The first-order valence-electron chi connectivity index (χ1n) is 7.32. The van der Waals surface area contributed by atoms with Crippen molar-refractivity contribution in [1.29, 1.82) is 0 Å². The van der Waals surface area contributed by atoms with Gasteiger partial charge in [-0.1, -0.05) is 42.5 Å². The Balaban J connectivity index is 1.94. The summed E-state index contributed by atoms with van der Waals surface area (Å²) in [5.74, 6) is 0.835. The fourth-order valence-electron chi connectivity index (χ4n) is 2.18. The summed E-state index contributed by atoms with van der Waals surface area (Å²) in [5, 5.41) is 9.08. The molecule has 0 aliphatic rings. The monoisotopic (exact) mass is 286 g/mol. The molecule has 0 unspecified atom stereocenters. The summed E-state index contributed by atoms with van der Waals surface area (Å²) < 4.78 is 11.4. The van der Waals surface area contributed by atoms with Crippen molar-refractivity contribution in [2.75, 3.05) is 13.2 Å². The number of ether oxygens (including phenoxy) is 2. The maximum absolute atomic E-state index is 9.08. The predicted molar refractivity (Wildman–Crippen MR) is 83.3 cm³/mol. The summed E-state index contributed by atoms with van der Waals surface area (Å²) in [5.41, 5.74) is 2.21. The van der Waals surface area contributed by atoms with Gasteiger partial charge in [-0.2, -0.15) is 0 Å². The highest BCUT2D eigenvalue weighted by Gasteiger charge is 2.10. The molecular formula is C18H22O3. The van der Waals surface area contributed by atoms with Crippen LogP contribution in [0.2, 0.25) is 0 Å². The van der Waals surface area contributed by atoms with Gasteiger partial charge in [0.2, 0.25) is 0 Å². The van der Waals surface area contributed by atoms with E-state index in [0.717, 1.165) is 16.9 Å². The van der Waals surface area contributed by atoms with Crippen LogP contribution in [0.15, 0.2) is 54.6 Å². The molecule has 0 spiro atoms. The van der Waals surface area contributed by atoms with Gasteiger partial charge < -0.3 is 14.6 Å². The molecule has 0 bridgehead atoms. The van der Waals surface area contributed by atoms with Crippen molar-refractivity contribution < 1.29 is 14.6 Å². The highest BCUT2D eigenvalue weighted by atomic mass is 16.5. The van der Waals surface area contributed by atoms with Gasteiger partial charge in [0.25, 0.3) is 0 Å². The first-order valence-corrected chi connectivity index (χ1v) is 7.32. The standard InChI is InChI=1S/C18H22O3/c1-2-20-18(12-13-19)16-8-10-17(11-9-16)21-14-15-6-4-3-5-7-15/h3-11,18-19H,2,12-14H2,1H3/t18-/m0/s1. The summed E-state index contributed by atoms with van der Waals surface area (Å²) in [4.78, 5) is 0. The van der Waals surface area contributed by atoms with Gasteiger partial charge in [-0.25, -0.2) is 0 Å². The Morgan fingerprint density at radius 3 is 2.33 bits per heavy atom. The minimum Gasteiger partial charge on any atom is -0.489 e. The Morgan fingerprint density at radius 1 is 1.00 bits per heavy atom. The molecule has 2 rings (SSSR count). The molecule has 3 nitrogen and oxygen atoms in total. The zero-order valence-corrected chi connectivity index (χ0v) is 12.4. The molecule has 2 aromatic carbocycles. The van der Waals surface area contributed by atoms with E-state index in [0.29, 0.717) is 19.6 Å². The lowest BCUT2D eigenvalue weighted by atomic mass is 10.1. The molecule has 0 aromatic heterocycles. The summed E-state index contributed by atoms with van der Waals surface area (Å²) in [6, 6.07) is 18.0. The molecule has 0 saturated heterocycles. The normalized spacial score (nSPS) is 12.1. The van der Waals surface area contributed by atoms with Gasteiger partial charge >= 0.3 is 0 Å². The Bertz CT molecular complexity index is 502. The quantitative estimate of drug-likeness (QED) is 0.803. The molecule has 0 radical (unpaired) electrons. The molecule has 2 aromatic rings.